The van der Waals surface area contributed by atoms with Crippen molar-refractivity contribution in [1.82, 2.24) is 0 Å². The van der Waals surface area contributed by atoms with Crippen LogP contribution in [0.15, 0.2) is 36.4 Å². The number of Topliss-reactive ketones (excluding diaryl/α,β-unsaturated/α-hetero) is 1. The van der Waals surface area contributed by atoms with Crippen molar-refractivity contribution in [2.24, 2.45) is 0 Å². The molecule has 0 aromatic heterocycles. The van der Waals surface area contributed by atoms with Crippen LogP contribution in [0.5, 0.6) is 5.75 Å². The lowest BCUT2D eigenvalue weighted by Crippen LogP contribution is -2.00. The highest BCUT2D eigenvalue weighted by molar-refractivity contribution is 6.17. The van der Waals surface area contributed by atoms with Crippen LogP contribution in [-0.4, -0.2) is 11.8 Å². The number of fused-ring (bicyclic) bond motifs is 1. The Hall–Kier alpha value is -1.54. The molecule has 0 aliphatic rings. The Balaban J connectivity index is 2.73. The van der Waals surface area contributed by atoms with E-state index < -0.39 is 0 Å². The topological polar surface area (TPSA) is 26.3 Å². The number of halogens is 1. The molecule has 2 nitrogen and oxygen atoms in total. The van der Waals surface area contributed by atoms with Crippen molar-refractivity contribution in [2.45, 2.75) is 6.92 Å². The molecule has 0 spiro atoms. The Morgan fingerprint density at radius 3 is 2.69 bits per heavy atom. The second-order valence-electron chi connectivity index (χ2n) is 3.47. The van der Waals surface area contributed by atoms with Crippen molar-refractivity contribution in [3.8, 4) is 5.75 Å². The normalized spacial score (nSPS) is 10.4. The van der Waals surface area contributed by atoms with Gasteiger partial charge in [-0.3, -0.25) is 4.79 Å². The quantitative estimate of drug-likeness (QED) is 0.599. The van der Waals surface area contributed by atoms with Crippen LogP contribution in [0.25, 0.3) is 10.8 Å². The molecule has 0 amide bonds. The monoisotopic (exact) mass is 234 g/mol. The zero-order valence-corrected chi connectivity index (χ0v) is 9.62. The van der Waals surface area contributed by atoms with Gasteiger partial charge < -0.3 is 4.74 Å². The van der Waals surface area contributed by atoms with Crippen LogP contribution in [0, 0.1) is 0 Å². The van der Waals surface area contributed by atoms with Gasteiger partial charge in [-0.15, -0.1) is 0 Å². The van der Waals surface area contributed by atoms with E-state index in [9.17, 15) is 4.79 Å². The predicted octanol–water partition coefficient (Wildman–Crippen LogP) is 3.62. The second-order valence-corrected chi connectivity index (χ2v) is 3.69. The molecule has 16 heavy (non-hydrogen) atoms. The van der Waals surface area contributed by atoms with Crippen molar-refractivity contribution in [1.29, 1.82) is 0 Å². The van der Waals surface area contributed by atoms with E-state index in [1.165, 1.54) is 6.92 Å². The van der Waals surface area contributed by atoms with E-state index in [1.54, 1.807) is 6.07 Å². The fraction of sp³-hybridized carbons (Fsp3) is 0.154. The van der Waals surface area contributed by atoms with E-state index >= 15 is 0 Å². The molecule has 0 aliphatic heterocycles. The number of benzene rings is 2. The summed E-state index contributed by atoms with van der Waals surface area (Å²) in [6.45, 7) is 1.52. The van der Waals surface area contributed by atoms with Crippen molar-refractivity contribution >= 4 is 28.2 Å². The summed E-state index contributed by atoms with van der Waals surface area (Å²) in [4.78, 5) is 11.5. The molecule has 0 aliphatic carbocycles. The van der Waals surface area contributed by atoms with Crippen molar-refractivity contribution in [2.75, 3.05) is 6.07 Å². The number of ether oxygens (including phenoxy) is 1. The summed E-state index contributed by atoms with van der Waals surface area (Å²) in [5.41, 5.74) is 0.569. The Bertz CT molecular complexity index is 534. The molecule has 0 bridgehead atoms. The molecule has 0 fully saturated rings. The van der Waals surface area contributed by atoms with E-state index in [2.05, 4.69) is 0 Å². The molecule has 0 radical (unpaired) electrons. The number of ketones is 1. The van der Waals surface area contributed by atoms with Crippen molar-refractivity contribution in [3.05, 3.63) is 42.0 Å². The SMILES string of the molecule is CC(=O)c1ccc2ccccc2c1OCCl. The summed E-state index contributed by atoms with van der Waals surface area (Å²) in [5.74, 6) is 0.548. The van der Waals surface area contributed by atoms with Gasteiger partial charge in [0, 0.05) is 5.39 Å². The van der Waals surface area contributed by atoms with Crippen LogP contribution in [0.2, 0.25) is 0 Å². The van der Waals surface area contributed by atoms with Crippen molar-refractivity contribution < 1.29 is 9.53 Å². The van der Waals surface area contributed by atoms with Crippen molar-refractivity contribution in [3.63, 3.8) is 0 Å². The van der Waals surface area contributed by atoms with Gasteiger partial charge in [0.2, 0.25) is 0 Å². The van der Waals surface area contributed by atoms with E-state index in [1.807, 2.05) is 30.3 Å². The molecular weight excluding hydrogens is 224 g/mol. The van der Waals surface area contributed by atoms with Crippen LogP contribution >= 0.6 is 11.6 Å². The first-order chi connectivity index (χ1) is 7.74. The van der Waals surface area contributed by atoms with Gasteiger partial charge in [-0.25, -0.2) is 0 Å². The zero-order chi connectivity index (χ0) is 11.5. The molecular formula is C13H11ClO2. The van der Waals surface area contributed by atoms with Crippen LogP contribution < -0.4 is 4.74 Å². The predicted molar refractivity (Wildman–Crippen MR) is 65.3 cm³/mol. The maximum Gasteiger partial charge on any atom is 0.163 e. The van der Waals surface area contributed by atoms with E-state index in [-0.39, 0.29) is 11.8 Å². The van der Waals surface area contributed by atoms with Gasteiger partial charge in [-0.05, 0) is 18.4 Å². The minimum Gasteiger partial charge on any atom is -0.477 e. The molecule has 0 heterocycles. The van der Waals surface area contributed by atoms with Gasteiger partial charge >= 0.3 is 0 Å². The van der Waals surface area contributed by atoms with Crippen LogP contribution in [0.1, 0.15) is 17.3 Å². The standard InChI is InChI=1S/C13H11ClO2/c1-9(15)11-7-6-10-4-2-3-5-12(10)13(11)16-8-14/h2-7H,8H2,1H3. The summed E-state index contributed by atoms with van der Waals surface area (Å²) in [5, 5.41) is 1.95. The Kier molecular flexibility index (Phi) is 3.11. The Morgan fingerprint density at radius 2 is 2.00 bits per heavy atom. The molecule has 0 saturated heterocycles. The summed E-state index contributed by atoms with van der Waals surface area (Å²) in [6.07, 6.45) is 0. The molecule has 3 heteroatoms. The van der Waals surface area contributed by atoms with Crippen LogP contribution in [0.4, 0.5) is 0 Å². The first kappa shape index (κ1) is 11.0. The number of rotatable bonds is 3. The highest BCUT2D eigenvalue weighted by atomic mass is 35.5. The average molecular weight is 235 g/mol. The zero-order valence-electron chi connectivity index (χ0n) is 8.87. The van der Waals surface area contributed by atoms with Gasteiger partial charge in [0.25, 0.3) is 0 Å². The smallest absolute Gasteiger partial charge is 0.163 e. The number of carbonyl (C=O) groups is 1. The lowest BCUT2D eigenvalue weighted by Gasteiger charge is -2.10. The second kappa shape index (κ2) is 4.54. The molecule has 0 unspecified atom stereocenters. The van der Waals surface area contributed by atoms with E-state index in [0.717, 1.165) is 10.8 Å². The molecule has 82 valence electrons. The molecule has 0 saturated carbocycles. The van der Waals surface area contributed by atoms with Gasteiger partial charge in [-0.1, -0.05) is 41.9 Å². The molecule has 0 atom stereocenters. The van der Waals surface area contributed by atoms with Gasteiger partial charge in [0.1, 0.15) is 5.75 Å². The van der Waals surface area contributed by atoms with Gasteiger partial charge in [0.05, 0.1) is 5.56 Å². The molecule has 2 rings (SSSR count). The third-order valence-corrected chi connectivity index (χ3v) is 2.57. The fourth-order valence-corrected chi connectivity index (χ4v) is 1.84. The van der Waals surface area contributed by atoms with Gasteiger partial charge in [-0.2, -0.15) is 0 Å². The number of hydrogen-bond acceptors (Lipinski definition) is 2. The number of carbonyl (C=O) groups excluding carboxylic acids is 1. The van der Waals surface area contributed by atoms with E-state index in [0.29, 0.717) is 11.3 Å². The average Bonchev–Trinajstić information content (AvgIpc) is 2.29. The first-order valence-electron chi connectivity index (χ1n) is 4.95. The highest BCUT2D eigenvalue weighted by Crippen LogP contribution is 2.30. The summed E-state index contributed by atoms with van der Waals surface area (Å²) < 4.78 is 5.36. The number of hydrogen-bond donors (Lipinski definition) is 0. The molecule has 2 aromatic carbocycles. The lowest BCUT2D eigenvalue weighted by atomic mass is 10.0. The third kappa shape index (κ3) is 1.89. The fourth-order valence-electron chi connectivity index (χ4n) is 1.73. The third-order valence-electron chi connectivity index (χ3n) is 2.46. The summed E-state index contributed by atoms with van der Waals surface area (Å²) >= 11 is 5.58. The van der Waals surface area contributed by atoms with E-state index in [4.69, 9.17) is 16.3 Å². The number of alkyl halides is 1. The maximum absolute atomic E-state index is 11.5. The lowest BCUT2D eigenvalue weighted by molar-refractivity contribution is 0.101. The van der Waals surface area contributed by atoms with Crippen LogP contribution in [-0.2, 0) is 0 Å². The largest absolute Gasteiger partial charge is 0.477 e. The Labute approximate surface area is 98.8 Å². The van der Waals surface area contributed by atoms with Gasteiger partial charge in [0.15, 0.2) is 11.8 Å². The summed E-state index contributed by atoms with van der Waals surface area (Å²) in [6, 6.07) is 11.5. The first-order valence-corrected chi connectivity index (χ1v) is 5.49. The highest BCUT2D eigenvalue weighted by Gasteiger charge is 2.11. The maximum atomic E-state index is 11.5. The molecule has 0 N–H and O–H groups in total. The van der Waals surface area contributed by atoms with Crippen LogP contribution in [0.3, 0.4) is 0 Å². The minimum atomic E-state index is -0.0223. The Morgan fingerprint density at radius 1 is 1.25 bits per heavy atom. The summed E-state index contributed by atoms with van der Waals surface area (Å²) in [7, 11) is 0. The minimum absolute atomic E-state index is 0.0223. The molecule has 2 aromatic rings.